The van der Waals surface area contributed by atoms with Gasteiger partial charge >= 0.3 is 6.09 Å². The second-order valence-corrected chi connectivity index (χ2v) is 9.98. The van der Waals surface area contributed by atoms with Crippen LogP contribution in [0.4, 0.5) is 10.7 Å². The van der Waals surface area contributed by atoms with Crippen molar-refractivity contribution in [1.29, 1.82) is 0 Å². The molecule has 3 aromatic rings. The fraction of sp³-hybridized carbons (Fsp3) is 0.417. The Bertz CT molecular complexity index is 1120. The van der Waals surface area contributed by atoms with Crippen molar-refractivity contribution in [3.05, 3.63) is 58.1 Å². The molecule has 1 amide bonds. The summed E-state index contributed by atoms with van der Waals surface area (Å²) in [6.07, 6.45) is 1.59. The Hall–Kier alpha value is -2.44. The maximum Gasteiger partial charge on any atom is 0.410 e. The highest BCUT2D eigenvalue weighted by molar-refractivity contribution is 6.42. The standard InChI is InChI=1S/C24H28Cl2N4O2/c1-24(2,3)32-23(31)29-12-6-7-17(15-29)27-22-28-20-8-4-5-9-21(20)30(22)14-16-10-11-18(25)19(26)13-16/h4-5,8-11,13,17H,6-7,12,14-15H2,1-3H3,(H,27,28). The minimum Gasteiger partial charge on any atom is -0.444 e. The number of nitrogens with one attached hydrogen (secondary N) is 1. The molecule has 4 rings (SSSR count). The number of aromatic nitrogens is 2. The molecule has 1 aliphatic heterocycles. The third-order valence-electron chi connectivity index (χ3n) is 5.39. The molecule has 0 radical (unpaired) electrons. The van der Waals surface area contributed by atoms with Crippen LogP contribution in [-0.4, -0.2) is 45.3 Å². The van der Waals surface area contributed by atoms with Gasteiger partial charge in [0.15, 0.2) is 0 Å². The average molecular weight is 475 g/mol. The lowest BCUT2D eigenvalue weighted by Crippen LogP contribution is -2.47. The Labute approximate surface area is 198 Å². The number of amides is 1. The molecule has 1 atom stereocenters. The number of imidazole rings is 1. The van der Waals surface area contributed by atoms with E-state index in [1.54, 1.807) is 4.90 Å². The third-order valence-corrected chi connectivity index (χ3v) is 6.12. The topological polar surface area (TPSA) is 59.4 Å². The summed E-state index contributed by atoms with van der Waals surface area (Å²) in [5, 5.41) is 4.64. The van der Waals surface area contributed by atoms with Crippen molar-refractivity contribution in [2.75, 3.05) is 18.4 Å². The summed E-state index contributed by atoms with van der Waals surface area (Å²) in [5.74, 6) is 0.772. The predicted octanol–water partition coefficient (Wildman–Crippen LogP) is 6.20. The maximum absolute atomic E-state index is 12.6. The lowest BCUT2D eigenvalue weighted by molar-refractivity contribution is 0.0206. The van der Waals surface area contributed by atoms with E-state index >= 15 is 0 Å². The summed E-state index contributed by atoms with van der Waals surface area (Å²) in [5.41, 5.74) is 2.46. The van der Waals surface area contributed by atoms with Crippen LogP contribution in [0.1, 0.15) is 39.2 Å². The number of halogens is 2. The van der Waals surface area contributed by atoms with E-state index in [2.05, 4.69) is 16.0 Å². The number of likely N-dealkylation sites (tertiary alicyclic amines) is 1. The Balaban J connectivity index is 1.56. The first-order chi connectivity index (χ1) is 15.2. The molecule has 2 aromatic carbocycles. The number of rotatable bonds is 4. The van der Waals surface area contributed by atoms with Crippen molar-refractivity contribution in [1.82, 2.24) is 14.5 Å². The van der Waals surface area contributed by atoms with Crippen LogP contribution < -0.4 is 5.32 Å². The van der Waals surface area contributed by atoms with E-state index in [-0.39, 0.29) is 12.1 Å². The first-order valence-corrected chi connectivity index (χ1v) is 11.6. The number of carbonyl (C=O) groups excluding carboxylic acids is 1. The molecule has 1 saturated heterocycles. The van der Waals surface area contributed by atoms with Crippen LogP contribution in [0.3, 0.4) is 0 Å². The molecule has 2 heterocycles. The molecule has 6 nitrogen and oxygen atoms in total. The van der Waals surface area contributed by atoms with Crippen LogP contribution in [0.2, 0.25) is 10.0 Å². The van der Waals surface area contributed by atoms with E-state index in [0.29, 0.717) is 29.7 Å². The molecule has 170 valence electrons. The minimum absolute atomic E-state index is 0.0839. The molecule has 32 heavy (non-hydrogen) atoms. The summed E-state index contributed by atoms with van der Waals surface area (Å²) in [7, 11) is 0. The van der Waals surface area contributed by atoms with Crippen LogP contribution >= 0.6 is 23.2 Å². The van der Waals surface area contributed by atoms with Gasteiger partial charge in [0, 0.05) is 19.1 Å². The SMILES string of the molecule is CC(C)(C)OC(=O)N1CCCC(Nc2nc3ccccc3n2Cc2ccc(Cl)c(Cl)c2)C1. The summed E-state index contributed by atoms with van der Waals surface area (Å²) >= 11 is 12.3. The smallest absolute Gasteiger partial charge is 0.410 e. The van der Waals surface area contributed by atoms with E-state index in [1.165, 1.54) is 0 Å². The number of benzene rings is 2. The van der Waals surface area contributed by atoms with E-state index in [0.717, 1.165) is 35.4 Å². The number of anilines is 1. The summed E-state index contributed by atoms with van der Waals surface area (Å²) in [6.45, 7) is 7.53. The van der Waals surface area contributed by atoms with Gasteiger partial charge in [-0.15, -0.1) is 0 Å². The minimum atomic E-state index is -0.509. The van der Waals surface area contributed by atoms with Gasteiger partial charge in [0.1, 0.15) is 5.60 Å². The van der Waals surface area contributed by atoms with Crippen molar-refractivity contribution in [3.8, 4) is 0 Å². The number of ether oxygens (including phenoxy) is 1. The van der Waals surface area contributed by atoms with Gasteiger partial charge in [-0.1, -0.05) is 41.4 Å². The molecule has 0 aliphatic carbocycles. The Kier molecular flexibility index (Phi) is 6.54. The molecule has 8 heteroatoms. The summed E-state index contributed by atoms with van der Waals surface area (Å²) in [6, 6.07) is 13.8. The van der Waals surface area contributed by atoms with Crippen molar-refractivity contribution in [2.24, 2.45) is 0 Å². The average Bonchev–Trinajstić information content (AvgIpc) is 3.07. The molecular weight excluding hydrogens is 447 g/mol. The molecule has 1 N–H and O–H groups in total. The van der Waals surface area contributed by atoms with Gasteiger partial charge in [-0.2, -0.15) is 0 Å². The monoisotopic (exact) mass is 474 g/mol. The van der Waals surface area contributed by atoms with Gasteiger partial charge in [0.2, 0.25) is 5.95 Å². The Morgan fingerprint density at radius 3 is 2.72 bits per heavy atom. The zero-order valence-electron chi connectivity index (χ0n) is 18.6. The first kappa shape index (κ1) is 22.7. The maximum atomic E-state index is 12.6. The highest BCUT2D eigenvalue weighted by Gasteiger charge is 2.28. The Morgan fingerprint density at radius 2 is 1.97 bits per heavy atom. The van der Waals surface area contributed by atoms with Crippen LogP contribution in [-0.2, 0) is 11.3 Å². The summed E-state index contributed by atoms with van der Waals surface area (Å²) in [4.78, 5) is 19.2. The highest BCUT2D eigenvalue weighted by atomic mass is 35.5. The lowest BCUT2D eigenvalue weighted by Gasteiger charge is -2.34. The first-order valence-electron chi connectivity index (χ1n) is 10.8. The number of hydrogen-bond acceptors (Lipinski definition) is 4. The largest absolute Gasteiger partial charge is 0.444 e. The van der Waals surface area contributed by atoms with Crippen LogP contribution in [0.25, 0.3) is 11.0 Å². The normalized spacial score (nSPS) is 16.9. The van der Waals surface area contributed by atoms with E-state index in [4.69, 9.17) is 32.9 Å². The number of piperidine rings is 1. The number of para-hydroxylation sites is 2. The number of nitrogens with zero attached hydrogens (tertiary/aromatic N) is 3. The quantitative estimate of drug-likeness (QED) is 0.488. The molecule has 0 spiro atoms. The van der Waals surface area contributed by atoms with Crippen molar-refractivity contribution in [2.45, 2.75) is 51.8 Å². The second-order valence-electron chi connectivity index (χ2n) is 9.17. The molecular formula is C24H28Cl2N4O2. The number of hydrogen-bond donors (Lipinski definition) is 1. The predicted molar refractivity (Wildman–Crippen MR) is 130 cm³/mol. The number of fused-ring (bicyclic) bond motifs is 1. The van der Waals surface area contributed by atoms with Crippen LogP contribution in [0, 0.1) is 0 Å². The fourth-order valence-corrected chi connectivity index (χ4v) is 4.26. The van der Waals surface area contributed by atoms with Crippen molar-refractivity contribution in [3.63, 3.8) is 0 Å². The van der Waals surface area contributed by atoms with Gasteiger partial charge in [-0.3, -0.25) is 0 Å². The fourth-order valence-electron chi connectivity index (χ4n) is 3.94. The Morgan fingerprint density at radius 1 is 1.19 bits per heavy atom. The van der Waals surface area contributed by atoms with Gasteiger partial charge in [-0.25, -0.2) is 9.78 Å². The van der Waals surface area contributed by atoms with Crippen molar-refractivity contribution < 1.29 is 9.53 Å². The second kappa shape index (κ2) is 9.20. The molecule has 0 saturated carbocycles. The molecule has 1 aromatic heterocycles. The van der Waals surface area contributed by atoms with E-state index in [1.807, 2.05) is 57.2 Å². The van der Waals surface area contributed by atoms with Gasteiger partial charge in [0.05, 0.1) is 27.6 Å². The van der Waals surface area contributed by atoms with E-state index in [9.17, 15) is 4.79 Å². The lowest BCUT2D eigenvalue weighted by atomic mass is 10.1. The van der Waals surface area contributed by atoms with Gasteiger partial charge in [-0.05, 0) is 63.4 Å². The molecule has 1 fully saturated rings. The van der Waals surface area contributed by atoms with E-state index < -0.39 is 5.60 Å². The molecule has 1 unspecified atom stereocenters. The number of carbonyl (C=O) groups is 1. The highest BCUT2D eigenvalue weighted by Crippen LogP contribution is 2.27. The zero-order chi connectivity index (χ0) is 22.9. The van der Waals surface area contributed by atoms with Crippen molar-refractivity contribution >= 4 is 46.3 Å². The van der Waals surface area contributed by atoms with Gasteiger partial charge in [0.25, 0.3) is 0 Å². The molecule has 0 bridgehead atoms. The van der Waals surface area contributed by atoms with Crippen LogP contribution in [0.15, 0.2) is 42.5 Å². The molecule has 1 aliphatic rings. The van der Waals surface area contributed by atoms with Gasteiger partial charge < -0.3 is 19.5 Å². The zero-order valence-corrected chi connectivity index (χ0v) is 20.1. The van der Waals surface area contributed by atoms with Crippen LogP contribution in [0.5, 0.6) is 0 Å². The summed E-state index contributed by atoms with van der Waals surface area (Å²) < 4.78 is 7.70. The third kappa shape index (κ3) is 5.30.